The van der Waals surface area contributed by atoms with E-state index in [-0.39, 0.29) is 18.6 Å². The Bertz CT molecular complexity index is 744. The first-order valence-corrected chi connectivity index (χ1v) is 8.69. The minimum atomic E-state index is -0.146. The van der Waals surface area contributed by atoms with Crippen LogP contribution in [0, 0.1) is 13.8 Å². The number of benzene rings is 2. The van der Waals surface area contributed by atoms with Crippen molar-refractivity contribution in [1.82, 2.24) is 10.2 Å². The molecule has 0 aliphatic rings. The maximum absolute atomic E-state index is 12.2. The van der Waals surface area contributed by atoms with E-state index in [4.69, 9.17) is 9.47 Å². The fraction of sp³-hybridized carbons (Fsp3) is 0.381. The van der Waals surface area contributed by atoms with E-state index in [9.17, 15) is 4.79 Å². The number of ether oxygens (including phenoxy) is 2. The topological polar surface area (TPSA) is 50.8 Å². The molecule has 0 bridgehead atoms. The minimum absolute atomic E-state index is 0.00360. The molecule has 1 atom stereocenters. The Kier molecular flexibility index (Phi) is 7.04. The highest BCUT2D eigenvalue weighted by Gasteiger charge is 2.19. The van der Waals surface area contributed by atoms with Gasteiger partial charge in [0.2, 0.25) is 0 Å². The number of hydrogen-bond acceptors (Lipinski definition) is 4. The molecule has 0 radical (unpaired) electrons. The number of carbonyl (C=O) groups excluding carboxylic acids is 1. The molecular weight excluding hydrogens is 328 g/mol. The zero-order valence-corrected chi connectivity index (χ0v) is 16.2. The average Bonchev–Trinajstić information content (AvgIpc) is 2.63. The van der Waals surface area contributed by atoms with Crippen LogP contribution in [-0.4, -0.2) is 45.2 Å². The van der Waals surface area contributed by atoms with Gasteiger partial charge in [-0.1, -0.05) is 30.3 Å². The number of hydrogen-bond donors (Lipinski definition) is 1. The first-order valence-electron chi connectivity index (χ1n) is 8.69. The Morgan fingerprint density at radius 1 is 1.08 bits per heavy atom. The summed E-state index contributed by atoms with van der Waals surface area (Å²) in [7, 11) is 5.62. The number of para-hydroxylation sites is 1. The highest BCUT2D eigenvalue weighted by molar-refractivity contribution is 5.77. The first kappa shape index (κ1) is 19.8. The summed E-state index contributed by atoms with van der Waals surface area (Å²) in [5.41, 5.74) is 3.24. The van der Waals surface area contributed by atoms with Crippen LogP contribution >= 0.6 is 0 Å². The second-order valence-corrected chi connectivity index (χ2v) is 6.51. The number of nitrogens with zero attached hydrogens (tertiary/aromatic N) is 1. The molecule has 26 heavy (non-hydrogen) atoms. The number of carbonyl (C=O) groups is 1. The van der Waals surface area contributed by atoms with Gasteiger partial charge in [0.1, 0.15) is 11.5 Å². The van der Waals surface area contributed by atoms with E-state index in [0.717, 1.165) is 28.2 Å². The highest BCUT2D eigenvalue weighted by Crippen LogP contribution is 2.27. The Morgan fingerprint density at radius 2 is 1.77 bits per heavy atom. The van der Waals surface area contributed by atoms with Gasteiger partial charge >= 0.3 is 0 Å². The van der Waals surface area contributed by atoms with Crippen molar-refractivity contribution >= 4 is 5.91 Å². The van der Waals surface area contributed by atoms with E-state index < -0.39 is 0 Å². The number of nitrogens with one attached hydrogen (secondary N) is 1. The maximum atomic E-state index is 12.2. The summed E-state index contributed by atoms with van der Waals surface area (Å²) in [5.74, 6) is 1.41. The van der Waals surface area contributed by atoms with Crippen molar-refractivity contribution in [3.05, 3.63) is 59.2 Å². The second-order valence-electron chi connectivity index (χ2n) is 6.51. The van der Waals surface area contributed by atoms with Crippen molar-refractivity contribution in [2.24, 2.45) is 0 Å². The number of methoxy groups -OCH3 is 1. The molecule has 2 aromatic carbocycles. The van der Waals surface area contributed by atoms with Crippen LogP contribution in [0.3, 0.4) is 0 Å². The van der Waals surface area contributed by atoms with E-state index in [0.29, 0.717) is 6.54 Å². The van der Waals surface area contributed by atoms with E-state index in [1.165, 1.54) is 0 Å². The fourth-order valence-corrected chi connectivity index (χ4v) is 2.80. The van der Waals surface area contributed by atoms with Gasteiger partial charge < -0.3 is 19.7 Å². The molecule has 2 rings (SSSR count). The molecule has 1 amide bonds. The monoisotopic (exact) mass is 356 g/mol. The van der Waals surface area contributed by atoms with E-state index in [2.05, 4.69) is 10.2 Å². The summed E-state index contributed by atoms with van der Waals surface area (Å²) in [6.45, 7) is 4.49. The highest BCUT2D eigenvalue weighted by atomic mass is 16.5. The number of aryl methyl sites for hydroxylation is 1. The van der Waals surface area contributed by atoms with Crippen LogP contribution in [0.4, 0.5) is 0 Å². The molecule has 5 nitrogen and oxygen atoms in total. The van der Waals surface area contributed by atoms with Gasteiger partial charge in [-0.25, -0.2) is 0 Å². The molecule has 1 N–H and O–H groups in total. The molecule has 0 aromatic heterocycles. The molecule has 0 saturated carbocycles. The summed E-state index contributed by atoms with van der Waals surface area (Å²) < 4.78 is 11.1. The molecule has 5 heteroatoms. The largest absolute Gasteiger partial charge is 0.496 e. The van der Waals surface area contributed by atoms with Crippen LogP contribution in [0.15, 0.2) is 42.5 Å². The van der Waals surface area contributed by atoms with Crippen LogP contribution in [0.2, 0.25) is 0 Å². The zero-order chi connectivity index (χ0) is 19.1. The molecule has 140 valence electrons. The quantitative estimate of drug-likeness (QED) is 0.790. The Morgan fingerprint density at radius 3 is 2.46 bits per heavy atom. The smallest absolute Gasteiger partial charge is 0.258 e. The zero-order valence-electron chi connectivity index (χ0n) is 16.2. The van der Waals surface area contributed by atoms with Gasteiger partial charge in [0.25, 0.3) is 5.91 Å². The second kappa shape index (κ2) is 9.25. The predicted octanol–water partition coefficient (Wildman–Crippen LogP) is 3.11. The summed E-state index contributed by atoms with van der Waals surface area (Å²) in [5, 5.41) is 2.96. The molecule has 0 heterocycles. The molecular formula is C21H28N2O3. The fourth-order valence-electron chi connectivity index (χ4n) is 2.80. The third-order valence-corrected chi connectivity index (χ3v) is 4.53. The lowest BCUT2D eigenvalue weighted by molar-refractivity contribution is -0.123. The Balaban J connectivity index is 1.96. The van der Waals surface area contributed by atoms with Crippen LogP contribution in [-0.2, 0) is 4.79 Å². The third kappa shape index (κ3) is 4.99. The van der Waals surface area contributed by atoms with Crippen LogP contribution in [0.25, 0.3) is 0 Å². The first-order chi connectivity index (χ1) is 12.4. The third-order valence-electron chi connectivity index (χ3n) is 4.53. The van der Waals surface area contributed by atoms with Crippen molar-refractivity contribution in [1.29, 1.82) is 0 Å². The normalized spacial score (nSPS) is 11.9. The minimum Gasteiger partial charge on any atom is -0.496 e. The number of rotatable bonds is 8. The van der Waals surface area contributed by atoms with Gasteiger partial charge in [0.15, 0.2) is 6.61 Å². The van der Waals surface area contributed by atoms with Crippen LogP contribution in [0.1, 0.15) is 22.7 Å². The summed E-state index contributed by atoms with van der Waals surface area (Å²) in [6, 6.07) is 13.7. The van der Waals surface area contributed by atoms with Gasteiger partial charge in [0, 0.05) is 12.1 Å². The van der Waals surface area contributed by atoms with Crippen molar-refractivity contribution in [3.8, 4) is 11.5 Å². The lowest BCUT2D eigenvalue weighted by Crippen LogP contribution is -2.37. The molecule has 0 spiro atoms. The summed E-state index contributed by atoms with van der Waals surface area (Å²) in [6.07, 6.45) is 0. The van der Waals surface area contributed by atoms with Gasteiger partial charge in [-0.15, -0.1) is 0 Å². The molecule has 0 aliphatic carbocycles. The van der Waals surface area contributed by atoms with Crippen molar-refractivity contribution in [2.75, 3.05) is 34.4 Å². The number of amides is 1. The molecule has 0 fully saturated rings. The number of likely N-dealkylation sites (N-methyl/N-ethyl adjacent to an activating group) is 1. The van der Waals surface area contributed by atoms with Crippen molar-refractivity contribution < 1.29 is 14.3 Å². The van der Waals surface area contributed by atoms with Crippen LogP contribution in [0.5, 0.6) is 11.5 Å². The molecule has 0 unspecified atom stereocenters. The van der Waals surface area contributed by atoms with Crippen molar-refractivity contribution in [3.63, 3.8) is 0 Å². The molecule has 0 aliphatic heterocycles. The lowest BCUT2D eigenvalue weighted by Gasteiger charge is -2.26. The predicted molar refractivity (Wildman–Crippen MR) is 104 cm³/mol. The Hall–Kier alpha value is -2.53. The van der Waals surface area contributed by atoms with Gasteiger partial charge in [-0.3, -0.25) is 4.79 Å². The molecule has 0 saturated heterocycles. The maximum Gasteiger partial charge on any atom is 0.258 e. The summed E-state index contributed by atoms with van der Waals surface area (Å²) in [4.78, 5) is 14.3. The van der Waals surface area contributed by atoms with Crippen molar-refractivity contribution in [2.45, 2.75) is 19.9 Å². The SMILES string of the molecule is COc1ccccc1[C@@H](CNC(=O)COc1cccc(C)c1C)N(C)C. The average molecular weight is 356 g/mol. The standard InChI is InChI=1S/C21H28N2O3/c1-15-9-8-12-19(16(15)2)26-14-21(24)22-13-18(23(3)4)17-10-6-7-11-20(17)25-5/h6-12,18H,13-14H2,1-5H3,(H,22,24)/t18-/m1/s1. The van der Waals surface area contributed by atoms with Gasteiger partial charge in [-0.2, -0.15) is 0 Å². The van der Waals surface area contributed by atoms with Crippen LogP contribution < -0.4 is 14.8 Å². The van der Waals surface area contributed by atoms with E-state index >= 15 is 0 Å². The van der Waals surface area contributed by atoms with E-state index in [1.807, 2.05) is 70.4 Å². The van der Waals surface area contributed by atoms with Gasteiger partial charge in [-0.05, 0) is 51.2 Å². The molecule has 2 aromatic rings. The summed E-state index contributed by atoms with van der Waals surface area (Å²) >= 11 is 0. The lowest BCUT2D eigenvalue weighted by atomic mass is 10.0. The van der Waals surface area contributed by atoms with E-state index in [1.54, 1.807) is 7.11 Å². The van der Waals surface area contributed by atoms with Gasteiger partial charge in [0.05, 0.1) is 13.2 Å². The Labute approximate surface area is 155 Å².